The highest BCUT2D eigenvalue weighted by atomic mass is 14.9. The molecule has 1 nitrogen and oxygen atoms in total. The van der Waals surface area contributed by atoms with Crippen LogP contribution in [-0.2, 0) is 12.5 Å². The van der Waals surface area contributed by atoms with Gasteiger partial charge in [-0.1, -0.05) is 48.2 Å². The largest absolute Gasteiger partial charge is 0.350 e. The molecule has 2 fully saturated rings. The lowest BCUT2D eigenvalue weighted by Crippen LogP contribution is -2.29. The van der Waals surface area contributed by atoms with E-state index in [1.54, 1.807) is 0 Å². The van der Waals surface area contributed by atoms with Crippen molar-refractivity contribution in [2.24, 2.45) is 18.9 Å². The normalized spacial score (nSPS) is 17.3. The molecule has 2 aromatic carbocycles. The SMILES string of the molecule is Cn1cc(C(C#Cc2ccccc2)(C2CC2)C2CC2)c2ccccc21. The minimum Gasteiger partial charge on any atom is -0.350 e. The lowest BCUT2D eigenvalue weighted by atomic mass is 9.72. The molecule has 1 aromatic heterocycles. The van der Waals surface area contributed by atoms with E-state index in [0.717, 1.165) is 17.4 Å². The van der Waals surface area contributed by atoms with Crippen molar-refractivity contribution in [3.8, 4) is 11.8 Å². The second kappa shape index (κ2) is 5.53. The summed E-state index contributed by atoms with van der Waals surface area (Å²) in [6.45, 7) is 0. The van der Waals surface area contributed by atoms with Gasteiger partial charge in [0.25, 0.3) is 0 Å². The minimum absolute atomic E-state index is 0.0384. The molecule has 5 rings (SSSR count). The third-order valence-corrected chi connectivity index (χ3v) is 5.97. The molecule has 1 heterocycles. The van der Waals surface area contributed by atoms with Crippen molar-refractivity contribution in [3.63, 3.8) is 0 Å². The minimum atomic E-state index is 0.0384. The van der Waals surface area contributed by atoms with Crippen LogP contribution in [-0.4, -0.2) is 4.57 Å². The second-order valence-electron chi connectivity index (χ2n) is 7.70. The van der Waals surface area contributed by atoms with Crippen molar-refractivity contribution < 1.29 is 0 Å². The molecule has 3 aromatic rings. The Hall–Kier alpha value is -2.46. The quantitative estimate of drug-likeness (QED) is 0.577. The van der Waals surface area contributed by atoms with Gasteiger partial charge in [0.05, 0.1) is 5.41 Å². The number of benzene rings is 2. The number of aryl methyl sites for hydroxylation is 1. The van der Waals surface area contributed by atoms with E-state index in [0.29, 0.717) is 0 Å². The summed E-state index contributed by atoms with van der Waals surface area (Å²) in [5.74, 6) is 8.82. The first-order valence-corrected chi connectivity index (χ1v) is 9.42. The zero-order chi connectivity index (χ0) is 16.9. The van der Waals surface area contributed by atoms with Gasteiger partial charge in [-0.25, -0.2) is 0 Å². The van der Waals surface area contributed by atoms with Crippen LogP contribution in [0.25, 0.3) is 10.9 Å². The average molecular weight is 325 g/mol. The van der Waals surface area contributed by atoms with Crippen LogP contribution < -0.4 is 0 Å². The number of hydrogen-bond donors (Lipinski definition) is 0. The molecule has 0 unspecified atom stereocenters. The van der Waals surface area contributed by atoms with Gasteiger partial charge in [-0.15, -0.1) is 0 Å². The topological polar surface area (TPSA) is 4.93 Å². The zero-order valence-electron chi connectivity index (χ0n) is 14.7. The maximum absolute atomic E-state index is 3.83. The van der Waals surface area contributed by atoms with Gasteiger partial charge in [-0.3, -0.25) is 0 Å². The monoisotopic (exact) mass is 325 g/mol. The Labute approximate surface area is 149 Å². The number of fused-ring (bicyclic) bond motifs is 1. The molecule has 25 heavy (non-hydrogen) atoms. The Morgan fingerprint density at radius 2 is 1.52 bits per heavy atom. The maximum atomic E-state index is 3.83. The molecular weight excluding hydrogens is 302 g/mol. The van der Waals surface area contributed by atoms with E-state index in [-0.39, 0.29) is 5.41 Å². The molecule has 0 spiro atoms. The molecule has 1 heteroatoms. The summed E-state index contributed by atoms with van der Waals surface area (Å²) >= 11 is 0. The van der Waals surface area contributed by atoms with E-state index in [4.69, 9.17) is 0 Å². The molecule has 2 aliphatic carbocycles. The molecule has 0 atom stereocenters. The summed E-state index contributed by atoms with van der Waals surface area (Å²) in [6.07, 6.45) is 7.65. The zero-order valence-corrected chi connectivity index (χ0v) is 14.7. The Balaban J connectivity index is 1.72. The highest BCUT2D eigenvalue weighted by Crippen LogP contribution is 2.60. The second-order valence-corrected chi connectivity index (χ2v) is 7.70. The van der Waals surface area contributed by atoms with Crippen LogP contribution in [0.1, 0.15) is 36.8 Å². The van der Waals surface area contributed by atoms with Gasteiger partial charge >= 0.3 is 0 Å². The third kappa shape index (κ3) is 2.40. The van der Waals surface area contributed by atoms with Gasteiger partial charge in [-0.2, -0.15) is 0 Å². The predicted molar refractivity (Wildman–Crippen MR) is 103 cm³/mol. The molecule has 124 valence electrons. The Morgan fingerprint density at radius 3 is 2.20 bits per heavy atom. The fourth-order valence-electron chi connectivity index (χ4n) is 4.49. The first-order valence-electron chi connectivity index (χ1n) is 9.42. The number of hydrogen-bond acceptors (Lipinski definition) is 0. The average Bonchev–Trinajstić information content (AvgIpc) is 3.55. The molecule has 0 amide bonds. The Morgan fingerprint density at radius 1 is 0.880 bits per heavy atom. The van der Waals surface area contributed by atoms with Crippen molar-refractivity contribution in [1.82, 2.24) is 4.57 Å². The van der Waals surface area contributed by atoms with E-state index in [2.05, 4.69) is 84.2 Å². The van der Waals surface area contributed by atoms with Crippen LogP contribution in [0.2, 0.25) is 0 Å². The summed E-state index contributed by atoms with van der Waals surface area (Å²) in [6, 6.07) is 19.3. The molecule has 0 aliphatic heterocycles. The summed E-state index contributed by atoms with van der Waals surface area (Å²) in [5, 5.41) is 1.39. The van der Waals surface area contributed by atoms with Crippen LogP contribution in [0.15, 0.2) is 60.8 Å². The number of para-hydroxylation sites is 1. The molecule has 0 radical (unpaired) electrons. The predicted octanol–water partition coefficient (Wildman–Crippen LogP) is 5.29. The number of aromatic nitrogens is 1. The molecular formula is C24H23N. The van der Waals surface area contributed by atoms with Gasteiger partial charge in [0.2, 0.25) is 0 Å². The smallest absolute Gasteiger partial charge is 0.0643 e. The molecule has 0 bridgehead atoms. The summed E-state index contributed by atoms with van der Waals surface area (Å²) in [7, 11) is 2.17. The third-order valence-electron chi connectivity index (χ3n) is 5.97. The van der Waals surface area contributed by atoms with Crippen molar-refractivity contribution in [2.45, 2.75) is 31.1 Å². The Kier molecular flexibility index (Phi) is 3.28. The highest BCUT2D eigenvalue weighted by molar-refractivity contribution is 5.86. The van der Waals surface area contributed by atoms with Crippen LogP contribution in [0, 0.1) is 23.7 Å². The first kappa shape index (κ1) is 14.8. The summed E-state index contributed by atoms with van der Waals surface area (Å²) in [4.78, 5) is 0. The molecule has 0 N–H and O–H groups in total. The lowest BCUT2D eigenvalue weighted by molar-refractivity contribution is 0.426. The van der Waals surface area contributed by atoms with Gasteiger partial charge in [0.1, 0.15) is 0 Å². The van der Waals surface area contributed by atoms with Crippen LogP contribution >= 0.6 is 0 Å². The maximum Gasteiger partial charge on any atom is 0.0643 e. The standard InChI is InChI=1S/C24H23N/c1-25-17-22(21-9-5-6-10-23(21)25)24(19-11-12-19,20-13-14-20)16-15-18-7-3-2-4-8-18/h2-10,17,19-20H,11-14H2,1H3. The van der Waals surface area contributed by atoms with Gasteiger partial charge in [-0.05, 0) is 61.3 Å². The fourth-order valence-corrected chi connectivity index (χ4v) is 4.49. The molecule has 2 aliphatic rings. The molecule has 0 saturated heterocycles. The summed E-state index contributed by atoms with van der Waals surface area (Å²) < 4.78 is 2.29. The van der Waals surface area contributed by atoms with E-state index in [1.807, 2.05) is 0 Å². The van der Waals surface area contributed by atoms with Crippen LogP contribution in [0.4, 0.5) is 0 Å². The van der Waals surface area contributed by atoms with Crippen molar-refractivity contribution in [1.29, 1.82) is 0 Å². The van der Waals surface area contributed by atoms with Crippen molar-refractivity contribution >= 4 is 10.9 Å². The van der Waals surface area contributed by atoms with Crippen molar-refractivity contribution in [3.05, 3.63) is 71.9 Å². The van der Waals surface area contributed by atoms with Gasteiger partial charge in [0, 0.05) is 29.7 Å². The van der Waals surface area contributed by atoms with Gasteiger partial charge in [0.15, 0.2) is 0 Å². The van der Waals surface area contributed by atoms with E-state index >= 15 is 0 Å². The van der Waals surface area contributed by atoms with E-state index < -0.39 is 0 Å². The highest BCUT2D eigenvalue weighted by Gasteiger charge is 2.55. The first-order chi connectivity index (χ1) is 12.3. The number of nitrogens with zero attached hydrogens (tertiary/aromatic N) is 1. The fraction of sp³-hybridized carbons (Fsp3) is 0.333. The van der Waals surface area contributed by atoms with E-state index in [9.17, 15) is 0 Å². The van der Waals surface area contributed by atoms with Crippen LogP contribution in [0.5, 0.6) is 0 Å². The van der Waals surface area contributed by atoms with Crippen LogP contribution in [0.3, 0.4) is 0 Å². The Bertz CT molecular complexity index is 963. The van der Waals surface area contributed by atoms with E-state index in [1.165, 1.54) is 42.1 Å². The van der Waals surface area contributed by atoms with Crippen molar-refractivity contribution in [2.75, 3.05) is 0 Å². The molecule has 2 saturated carbocycles. The van der Waals surface area contributed by atoms with Gasteiger partial charge < -0.3 is 4.57 Å². The number of rotatable bonds is 3. The lowest BCUT2D eigenvalue weighted by Gasteiger charge is -2.29. The summed E-state index contributed by atoms with van der Waals surface area (Å²) in [5.41, 5.74) is 3.97.